The predicted octanol–water partition coefficient (Wildman–Crippen LogP) is 4.92. The van der Waals surface area contributed by atoms with Gasteiger partial charge in [-0.2, -0.15) is 13.2 Å². The molecule has 0 aliphatic carbocycles. The SMILES string of the molecule is CCCC(=O)Nc1ccc(CNC(=O)c2cnc3ccccc3c2C(F)(F)F)cc1. The van der Waals surface area contributed by atoms with Crippen molar-refractivity contribution in [1.29, 1.82) is 0 Å². The molecule has 0 unspecified atom stereocenters. The van der Waals surface area contributed by atoms with Crippen LogP contribution in [0.15, 0.2) is 54.7 Å². The number of nitrogens with one attached hydrogen (secondary N) is 2. The van der Waals surface area contributed by atoms with Gasteiger partial charge in [-0.3, -0.25) is 14.6 Å². The number of pyridine rings is 1. The molecule has 8 heteroatoms. The number of para-hydroxylation sites is 1. The van der Waals surface area contributed by atoms with Crippen LogP contribution in [0.5, 0.6) is 0 Å². The molecule has 3 rings (SSSR count). The Hall–Kier alpha value is -3.42. The first kappa shape index (κ1) is 21.3. The summed E-state index contributed by atoms with van der Waals surface area (Å²) in [5.74, 6) is -0.956. The molecule has 2 N–H and O–H groups in total. The van der Waals surface area contributed by atoms with Crippen LogP contribution in [0, 0.1) is 0 Å². The Morgan fingerprint density at radius 2 is 1.73 bits per heavy atom. The molecule has 0 aliphatic rings. The normalized spacial score (nSPS) is 11.3. The molecule has 1 aromatic heterocycles. The van der Waals surface area contributed by atoms with Gasteiger partial charge in [-0.05, 0) is 30.2 Å². The minimum Gasteiger partial charge on any atom is -0.348 e. The van der Waals surface area contributed by atoms with E-state index in [4.69, 9.17) is 0 Å². The fraction of sp³-hybridized carbons (Fsp3) is 0.227. The quantitative estimate of drug-likeness (QED) is 0.600. The molecule has 156 valence electrons. The van der Waals surface area contributed by atoms with E-state index in [1.54, 1.807) is 30.3 Å². The van der Waals surface area contributed by atoms with Crippen molar-refractivity contribution in [2.24, 2.45) is 0 Å². The number of anilines is 1. The van der Waals surface area contributed by atoms with Gasteiger partial charge in [0.1, 0.15) is 0 Å². The Labute approximate surface area is 171 Å². The first-order chi connectivity index (χ1) is 14.3. The molecule has 0 saturated carbocycles. The fourth-order valence-corrected chi connectivity index (χ4v) is 3.05. The van der Waals surface area contributed by atoms with E-state index in [0.29, 0.717) is 17.7 Å². The number of fused-ring (bicyclic) bond motifs is 1. The molecule has 3 aromatic rings. The maximum absolute atomic E-state index is 13.7. The zero-order valence-corrected chi connectivity index (χ0v) is 16.2. The maximum atomic E-state index is 13.7. The van der Waals surface area contributed by atoms with Gasteiger partial charge in [0, 0.05) is 30.2 Å². The van der Waals surface area contributed by atoms with Crippen molar-refractivity contribution in [1.82, 2.24) is 10.3 Å². The summed E-state index contributed by atoms with van der Waals surface area (Å²) in [6.45, 7) is 1.94. The third kappa shape index (κ3) is 4.94. The van der Waals surface area contributed by atoms with Crippen LogP contribution in [0.25, 0.3) is 10.9 Å². The summed E-state index contributed by atoms with van der Waals surface area (Å²) in [4.78, 5) is 28.1. The van der Waals surface area contributed by atoms with Crippen LogP contribution in [-0.2, 0) is 17.5 Å². The van der Waals surface area contributed by atoms with Crippen LogP contribution in [0.1, 0.15) is 41.3 Å². The first-order valence-corrected chi connectivity index (χ1v) is 9.41. The molecule has 0 aliphatic heterocycles. The number of aromatic nitrogens is 1. The van der Waals surface area contributed by atoms with Crippen LogP contribution in [-0.4, -0.2) is 16.8 Å². The lowest BCUT2D eigenvalue weighted by molar-refractivity contribution is -0.136. The molecule has 0 saturated heterocycles. The third-order valence-electron chi connectivity index (χ3n) is 4.47. The van der Waals surface area contributed by atoms with Crippen LogP contribution in [0.2, 0.25) is 0 Å². The Kier molecular flexibility index (Phi) is 6.34. The second kappa shape index (κ2) is 8.94. The highest BCUT2D eigenvalue weighted by molar-refractivity contribution is 6.00. The fourth-order valence-electron chi connectivity index (χ4n) is 3.05. The van der Waals surface area contributed by atoms with E-state index >= 15 is 0 Å². The summed E-state index contributed by atoms with van der Waals surface area (Å²) in [5.41, 5.74) is -0.0629. The second-order valence-electron chi connectivity index (χ2n) is 6.74. The lowest BCUT2D eigenvalue weighted by atomic mass is 10.0. The number of hydrogen-bond donors (Lipinski definition) is 2. The maximum Gasteiger partial charge on any atom is 0.417 e. The number of amides is 2. The average molecular weight is 415 g/mol. The van der Waals surface area contributed by atoms with Crippen LogP contribution < -0.4 is 10.6 Å². The highest BCUT2D eigenvalue weighted by Crippen LogP contribution is 2.36. The van der Waals surface area contributed by atoms with Gasteiger partial charge in [0.05, 0.1) is 16.6 Å². The number of rotatable bonds is 6. The summed E-state index contributed by atoms with van der Waals surface area (Å²) in [7, 11) is 0. The average Bonchev–Trinajstić information content (AvgIpc) is 2.71. The number of carbonyl (C=O) groups excluding carboxylic acids is 2. The van der Waals surface area contributed by atoms with Crippen molar-refractivity contribution < 1.29 is 22.8 Å². The van der Waals surface area contributed by atoms with Crippen molar-refractivity contribution >= 4 is 28.4 Å². The van der Waals surface area contributed by atoms with E-state index < -0.39 is 23.2 Å². The molecule has 0 spiro atoms. The summed E-state index contributed by atoms with van der Waals surface area (Å²) in [6.07, 6.45) is -2.60. The number of halogens is 3. The van der Waals surface area contributed by atoms with Crippen LogP contribution in [0.3, 0.4) is 0 Å². The first-order valence-electron chi connectivity index (χ1n) is 9.41. The molecular formula is C22H20F3N3O2. The second-order valence-corrected chi connectivity index (χ2v) is 6.74. The standard InChI is InChI=1S/C22H20F3N3O2/c1-2-5-19(29)28-15-10-8-14(9-11-15)12-27-21(30)17-13-26-18-7-4-3-6-16(18)20(17)22(23,24)25/h3-4,6-11,13H,2,5,12H2,1H3,(H,27,30)(H,28,29). The van der Waals surface area contributed by atoms with Crippen molar-refractivity contribution in [3.8, 4) is 0 Å². The number of alkyl halides is 3. The Balaban J connectivity index is 1.75. The molecule has 0 radical (unpaired) electrons. The minimum absolute atomic E-state index is 0.0339. The van der Waals surface area contributed by atoms with Gasteiger partial charge in [-0.25, -0.2) is 0 Å². The van der Waals surface area contributed by atoms with E-state index in [0.717, 1.165) is 12.6 Å². The molecule has 2 amide bonds. The zero-order chi connectivity index (χ0) is 21.7. The monoisotopic (exact) mass is 415 g/mol. The van der Waals surface area contributed by atoms with Gasteiger partial charge in [0.25, 0.3) is 5.91 Å². The van der Waals surface area contributed by atoms with E-state index in [-0.39, 0.29) is 23.4 Å². The lowest BCUT2D eigenvalue weighted by Gasteiger charge is -2.15. The van der Waals surface area contributed by atoms with Crippen LogP contribution >= 0.6 is 0 Å². The van der Waals surface area contributed by atoms with E-state index in [2.05, 4.69) is 15.6 Å². The topological polar surface area (TPSA) is 71.1 Å². The summed E-state index contributed by atoms with van der Waals surface area (Å²) in [5, 5.41) is 5.13. The third-order valence-corrected chi connectivity index (χ3v) is 4.47. The van der Waals surface area contributed by atoms with Gasteiger partial charge < -0.3 is 10.6 Å². The highest BCUT2D eigenvalue weighted by Gasteiger charge is 2.37. The zero-order valence-electron chi connectivity index (χ0n) is 16.2. The van der Waals surface area contributed by atoms with Crippen molar-refractivity contribution in [2.75, 3.05) is 5.32 Å². The summed E-state index contributed by atoms with van der Waals surface area (Å²) >= 11 is 0. The van der Waals surface area contributed by atoms with Crippen molar-refractivity contribution in [2.45, 2.75) is 32.5 Å². The van der Waals surface area contributed by atoms with Crippen LogP contribution in [0.4, 0.5) is 18.9 Å². The predicted molar refractivity (Wildman–Crippen MR) is 108 cm³/mol. The molecule has 0 atom stereocenters. The van der Waals surface area contributed by atoms with Gasteiger partial charge >= 0.3 is 6.18 Å². The molecule has 1 heterocycles. The van der Waals surface area contributed by atoms with Gasteiger partial charge in [-0.15, -0.1) is 0 Å². The lowest BCUT2D eigenvalue weighted by Crippen LogP contribution is -2.26. The smallest absolute Gasteiger partial charge is 0.348 e. The number of carbonyl (C=O) groups is 2. The summed E-state index contributed by atoms with van der Waals surface area (Å²) in [6, 6.07) is 12.5. The minimum atomic E-state index is -4.70. The molecule has 5 nitrogen and oxygen atoms in total. The largest absolute Gasteiger partial charge is 0.417 e. The molecule has 30 heavy (non-hydrogen) atoms. The summed E-state index contributed by atoms with van der Waals surface area (Å²) < 4.78 is 41.0. The van der Waals surface area contributed by atoms with Crippen molar-refractivity contribution in [3.05, 3.63) is 71.4 Å². The molecule has 2 aromatic carbocycles. The Morgan fingerprint density at radius 3 is 2.40 bits per heavy atom. The van der Waals surface area contributed by atoms with Crippen molar-refractivity contribution in [3.63, 3.8) is 0 Å². The van der Waals surface area contributed by atoms with E-state index in [9.17, 15) is 22.8 Å². The van der Waals surface area contributed by atoms with Gasteiger partial charge in [-0.1, -0.05) is 37.3 Å². The van der Waals surface area contributed by atoms with E-state index in [1.165, 1.54) is 18.2 Å². The molecule has 0 bridgehead atoms. The molecular weight excluding hydrogens is 395 g/mol. The number of benzene rings is 2. The van der Waals surface area contributed by atoms with Gasteiger partial charge in [0.15, 0.2) is 0 Å². The molecule has 0 fully saturated rings. The number of hydrogen-bond acceptors (Lipinski definition) is 3. The highest BCUT2D eigenvalue weighted by atomic mass is 19.4. The van der Waals surface area contributed by atoms with Gasteiger partial charge in [0.2, 0.25) is 5.91 Å². The Morgan fingerprint density at radius 1 is 1.03 bits per heavy atom. The van der Waals surface area contributed by atoms with E-state index in [1.807, 2.05) is 6.92 Å². The Bertz CT molecular complexity index is 1060. The number of nitrogens with zero attached hydrogens (tertiary/aromatic N) is 1.